The van der Waals surface area contributed by atoms with Gasteiger partial charge in [0.25, 0.3) is 0 Å². The van der Waals surface area contributed by atoms with Crippen LogP contribution < -0.4 is 5.32 Å². The van der Waals surface area contributed by atoms with E-state index in [2.05, 4.69) is 46.6 Å². The van der Waals surface area contributed by atoms with Gasteiger partial charge in [-0.15, -0.1) is 0 Å². The van der Waals surface area contributed by atoms with Crippen molar-refractivity contribution in [1.29, 1.82) is 0 Å². The highest BCUT2D eigenvalue weighted by molar-refractivity contribution is 5.35. The minimum Gasteiger partial charge on any atom is -0.316 e. The van der Waals surface area contributed by atoms with Crippen molar-refractivity contribution in [3.05, 3.63) is 42.0 Å². The highest BCUT2D eigenvalue weighted by Crippen LogP contribution is 2.22. The Bertz CT molecular complexity index is 512. The Balaban J connectivity index is 2.00. The quantitative estimate of drug-likeness (QED) is 0.850. The second-order valence-corrected chi connectivity index (χ2v) is 4.56. The molecule has 1 aliphatic rings. The Morgan fingerprint density at radius 2 is 2.35 bits per heavy atom. The summed E-state index contributed by atoms with van der Waals surface area (Å²) < 4.78 is 1.96. The van der Waals surface area contributed by atoms with Crippen molar-refractivity contribution in [2.75, 3.05) is 13.1 Å². The lowest BCUT2D eigenvalue weighted by Crippen LogP contribution is -2.12. The monoisotopic (exact) mass is 228 g/mol. The number of rotatable bonds is 2. The van der Waals surface area contributed by atoms with Gasteiger partial charge in [0, 0.05) is 12.5 Å². The Kier molecular flexibility index (Phi) is 2.65. The molecule has 1 aromatic heterocycles. The fourth-order valence-corrected chi connectivity index (χ4v) is 2.36. The van der Waals surface area contributed by atoms with Crippen LogP contribution in [-0.2, 0) is 0 Å². The summed E-state index contributed by atoms with van der Waals surface area (Å²) in [5, 5.41) is 7.72. The maximum absolute atomic E-state index is 4.42. The van der Waals surface area contributed by atoms with E-state index in [0.29, 0.717) is 5.92 Å². The third-order valence-electron chi connectivity index (χ3n) is 3.25. The summed E-state index contributed by atoms with van der Waals surface area (Å²) in [6.45, 7) is 4.17. The van der Waals surface area contributed by atoms with Gasteiger partial charge in [-0.05, 0) is 37.6 Å². The number of hydrogen-bond donors (Lipinski definition) is 1. The van der Waals surface area contributed by atoms with Crippen LogP contribution >= 0.6 is 0 Å². The molecule has 1 atom stereocenters. The molecule has 0 bridgehead atoms. The third-order valence-corrected chi connectivity index (χ3v) is 3.25. The van der Waals surface area contributed by atoms with E-state index in [1.807, 2.05) is 4.68 Å². The average Bonchev–Trinajstić information content (AvgIpc) is 3.00. The lowest BCUT2D eigenvalue weighted by Gasteiger charge is -2.10. The fourth-order valence-electron chi connectivity index (χ4n) is 2.36. The van der Waals surface area contributed by atoms with Gasteiger partial charge in [0.1, 0.15) is 12.2 Å². The second kappa shape index (κ2) is 4.30. The zero-order chi connectivity index (χ0) is 11.7. The Hall–Kier alpha value is -1.68. The summed E-state index contributed by atoms with van der Waals surface area (Å²) in [6.07, 6.45) is 2.79. The fraction of sp³-hybridized carbons (Fsp3) is 0.385. The van der Waals surface area contributed by atoms with Gasteiger partial charge in [0.15, 0.2) is 0 Å². The number of nitrogens with one attached hydrogen (secondary N) is 1. The van der Waals surface area contributed by atoms with Crippen LogP contribution in [0.3, 0.4) is 0 Å². The molecule has 1 unspecified atom stereocenters. The van der Waals surface area contributed by atoms with Crippen LogP contribution in [0, 0.1) is 6.92 Å². The molecule has 1 saturated heterocycles. The normalized spacial score (nSPS) is 19.7. The van der Waals surface area contributed by atoms with Gasteiger partial charge in [-0.3, -0.25) is 0 Å². The number of nitrogens with zero attached hydrogens (tertiary/aromatic N) is 3. The molecule has 0 radical (unpaired) electrons. The van der Waals surface area contributed by atoms with Gasteiger partial charge in [-0.25, -0.2) is 9.67 Å². The topological polar surface area (TPSA) is 42.7 Å². The second-order valence-electron chi connectivity index (χ2n) is 4.56. The predicted octanol–water partition coefficient (Wildman–Crippen LogP) is 1.65. The summed E-state index contributed by atoms with van der Waals surface area (Å²) >= 11 is 0. The maximum atomic E-state index is 4.42. The van der Waals surface area contributed by atoms with Crippen LogP contribution in [0.1, 0.15) is 23.7 Å². The Morgan fingerprint density at radius 1 is 1.41 bits per heavy atom. The van der Waals surface area contributed by atoms with Crippen molar-refractivity contribution in [1.82, 2.24) is 20.1 Å². The largest absolute Gasteiger partial charge is 0.316 e. The van der Waals surface area contributed by atoms with E-state index in [9.17, 15) is 0 Å². The zero-order valence-corrected chi connectivity index (χ0v) is 9.93. The van der Waals surface area contributed by atoms with Crippen LogP contribution in [0.2, 0.25) is 0 Å². The summed E-state index contributed by atoms with van der Waals surface area (Å²) in [7, 11) is 0. The van der Waals surface area contributed by atoms with E-state index in [1.54, 1.807) is 6.33 Å². The lowest BCUT2D eigenvalue weighted by atomic mass is 10.1. The molecule has 2 aromatic rings. The highest BCUT2D eigenvalue weighted by Gasteiger charge is 2.22. The number of hydrogen-bond acceptors (Lipinski definition) is 3. The first-order chi connectivity index (χ1) is 8.34. The molecule has 0 saturated carbocycles. The molecule has 17 heavy (non-hydrogen) atoms. The molecule has 1 aliphatic heterocycles. The van der Waals surface area contributed by atoms with E-state index >= 15 is 0 Å². The molecular weight excluding hydrogens is 212 g/mol. The van der Waals surface area contributed by atoms with E-state index in [-0.39, 0.29) is 0 Å². The number of benzene rings is 1. The van der Waals surface area contributed by atoms with Crippen molar-refractivity contribution < 1.29 is 0 Å². The lowest BCUT2D eigenvalue weighted by molar-refractivity contribution is 0.663. The summed E-state index contributed by atoms with van der Waals surface area (Å²) in [6, 6.07) is 8.37. The minimum atomic E-state index is 0.484. The molecule has 4 nitrogen and oxygen atoms in total. The molecule has 0 spiro atoms. The van der Waals surface area contributed by atoms with Crippen LogP contribution in [0.4, 0.5) is 0 Å². The van der Waals surface area contributed by atoms with Crippen molar-refractivity contribution in [2.45, 2.75) is 19.3 Å². The molecule has 0 amide bonds. The molecule has 3 rings (SSSR count). The van der Waals surface area contributed by atoms with Crippen molar-refractivity contribution in [3.63, 3.8) is 0 Å². The SMILES string of the molecule is Cc1cccc(-n2ncnc2C2CCNC2)c1. The van der Waals surface area contributed by atoms with Crippen LogP contribution in [0.25, 0.3) is 5.69 Å². The third kappa shape index (κ3) is 1.96. The zero-order valence-electron chi connectivity index (χ0n) is 9.93. The van der Waals surface area contributed by atoms with Gasteiger partial charge in [-0.2, -0.15) is 5.10 Å². The molecule has 4 heteroatoms. The first-order valence-corrected chi connectivity index (χ1v) is 6.02. The van der Waals surface area contributed by atoms with E-state index < -0.39 is 0 Å². The summed E-state index contributed by atoms with van der Waals surface area (Å²) in [5.74, 6) is 1.55. The van der Waals surface area contributed by atoms with E-state index in [4.69, 9.17) is 0 Å². The molecule has 1 aromatic carbocycles. The van der Waals surface area contributed by atoms with Crippen molar-refractivity contribution in [2.24, 2.45) is 0 Å². The molecule has 1 N–H and O–H groups in total. The average molecular weight is 228 g/mol. The van der Waals surface area contributed by atoms with Crippen LogP contribution in [0.15, 0.2) is 30.6 Å². The summed E-state index contributed by atoms with van der Waals surface area (Å²) in [5.41, 5.74) is 2.35. The Morgan fingerprint density at radius 3 is 3.12 bits per heavy atom. The predicted molar refractivity (Wildman–Crippen MR) is 66.3 cm³/mol. The minimum absolute atomic E-state index is 0.484. The molecular formula is C13H16N4. The molecule has 88 valence electrons. The highest BCUT2D eigenvalue weighted by atomic mass is 15.3. The number of aromatic nitrogens is 3. The molecule has 2 heterocycles. The molecule has 1 fully saturated rings. The van der Waals surface area contributed by atoms with Gasteiger partial charge >= 0.3 is 0 Å². The summed E-state index contributed by atoms with van der Waals surface area (Å²) in [4.78, 5) is 4.42. The van der Waals surface area contributed by atoms with Crippen molar-refractivity contribution in [3.8, 4) is 5.69 Å². The van der Waals surface area contributed by atoms with E-state index in [0.717, 1.165) is 31.0 Å². The smallest absolute Gasteiger partial charge is 0.138 e. The first-order valence-electron chi connectivity index (χ1n) is 6.02. The van der Waals surface area contributed by atoms with Gasteiger partial charge < -0.3 is 5.32 Å². The number of aryl methyl sites for hydroxylation is 1. The van der Waals surface area contributed by atoms with Gasteiger partial charge in [-0.1, -0.05) is 12.1 Å². The van der Waals surface area contributed by atoms with E-state index in [1.165, 1.54) is 5.56 Å². The van der Waals surface area contributed by atoms with Crippen molar-refractivity contribution >= 4 is 0 Å². The van der Waals surface area contributed by atoms with Crippen LogP contribution in [-0.4, -0.2) is 27.9 Å². The van der Waals surface area contributed by atoms with Gasteiger partial charge in [0.2, 0.25) is 0 Å². The van der Waals surface area contributed by atoms with Gasteiger partial charge in [0.05, 0.1) is 5.69 Å². The van der Waals surface area contributed by atoms with Crippen LogP contribution in [0.5, 0.6) is 0 Å². The molecule has 0 aliphatic carbocycles. The standard InChI is InChI=1S/C13H16N4/c1-10-3-2-4-12(7-10)17-13(15-9-16-17)11-5-6-14-8-11/h2-4,7,9,11,14H,5-6,8H2,1H3. The Labute approximate surface area is 101 Å². The maximum Gasteiger partial charge on any atom is 0.138 e. The first kappa shape index (κ1) is 10.5.